The Hall–Kier alpha value is -4.06. The number of nitrogens with zero attached hydrogens (tertiary/aromatic N) is 4. The summed E-state index contributed by atoms with van der Waals surface area (Å²) in [5.74, 6) is 1.36. The minimum absolute atomic E-state index is 0.425. The lowest BCUT2D eigenvalue weighted by Gasteiger charge is -2.12. The van der Waals surface area contributed by atoms with Gasteiger partial charge in [-0.1, -0.05) is 54.6 Å². The van der Waals surface area contributed by atoms with E-state index in [1.165, 1.54) is 0 Å². The Kier molecular flexibility index (Phi) is 4.42. The molecular weight excluding hydrogens is 362 g/mol. The summed E-state index contributed by atoms with van der Waals surface area (Å²) in [6, 6.07) is 26.2. The first-order valence-corrected chi connectivity index (χ1v) is 9.27. The number of nitrogens with one attached hydrogen (secondary N) is 1. The quantitative estimate of drug-likeness (QED) is 0.481. The van der Waals surface area contributed by atoms with Crippen LogP contribution in [0.2, 0.25) is 0 Å². The average Bonchev–Trinajstić information content (AvgIpc) is 3.33. The monoisotopic (exact) mass is 379 g/mol. The highest BCUT2D eigenvalue weighted by Gasteiger charge is 2.13. The summed E-state index contributed by atoms with van der Waals surface area (Å²) in [5.41, 5.74) is 4.98. The molecule has 2 heterocycles. The summed E-state index contributed by atoms with van der Waals surface area (Å²) in [4.78, 5) is 4.38. The summed E-state index contributed by atoms with van der Waals surface area (Å²) in [6.45, 7) is 0.425. The number of hydrogen-bond donors (Lipinski definition) is 1. The number of tetrazole rings is 1. The number of pyridine rings is 1. The van der Waals surface area contributed by atoms with Crippen LogP contribution in [0.4, 0.5) is 0 Å². The molecule has 0 bridgehead atoms. The van der Waals surface area contributed by atoms with Gasteiger partial charge in [-0.05, 0) is 46.2 Å². The third-order valence-corrected chi connectivity index (χ3v) is 4.76. The van der Waals surface area contributed by atoms with Gasteiger partial charge in [-0.15, -0.1) is 10.2 Å². The van der Waals surface area contributed by atoms with E-state index in [0.29, 0.717) is 12.4 Å². The van der Waals surface area contributed by atoms with Gasteiger partial charge in [0.05, 0.1) is 5.52 Å². The summed E-state index contributed by atoms with van der Waals surface area (Å²) < 4.78 is 6.12. The Morgan fingerprint density at radius 1 is 0.828 bits per heavy atom. The Balaban J connectivity index is 1.49. The van der Waals surface area contributed by atoms with Crippen molar-refractivity contribution in [3.63, 3.8) is 0 Å². The van der Waals surface area contributed by atoms with Crippen LogP contribution >= 0.6 is 0 Å². The van der Waals surface area contributed by atoms with E-state index in [-0.39, 0.29) is 0 Å². The fourth-order valence-electron chi connectivity index (χ4n) is 3.37. The molecule has 0 saturated carbocycles. The molecule has 0 amide bonds. The van der Waals surface area contributed by atoms with E-state index in [9.17, 15) is 0 Å². The smallest absolute Gasteiger partial charge is 0.205 e. The Bertz CT molecular complexity index is 1250. The molecule has 0 fully saturated rings. The van der Waals surface area contributed by atoms with Gasteiger partial charge in [-0.25, -0.2) is 0 Å². The molecule has 0 saturated heterocycles. The Morgan fingerprint density at radius 2 is 1.69 bits per heavy atom. The normalized spacial score (nSPS) is 10.9. The predicted molar refractivity (Wildman–Crippen MR) is 111 cm³/mol. The standard InChI is InChI=1S/C23H17N5O/c1-2-6-17(7-3-1)18-11-10-16(14-20(18)23-25-27-28-26-23)15-29-22-12-13-24-21-9-5-4-8-19(21)22/h1-14H,15H2,(H,25,26,27,28). The molecule has 140 valence electrons. The Labute approximate surface area is 167 Å². The van der Waals surface area contributed by atoms with Gasteiger partial charge in [-0.3, -0.25) is 4.98 Å². The number of para-hydroxylation sites is 1. The van der Waals surface area contributed by atoms with E-state index >= 15 is 0 Å². The number of aromatic nitrogens is 5. The second-order valence-electron chi connectivity index (χ2n) is 6.60. The lowest BCUT2D eigenvalue weighted by atomic mass is 9.97. The molecule has 3 aromatic carbocycles. The third-order valence-electron chi connectivity index (χ3n) is 4.76. The molecular formula is C23H17N5O. The Morgan fingerprint density at radius 3 is 2.55 bits per heavy atom. The molecule has 2 aromatic heterocycles. The summed E-state index contributed by atoms with van der Waals surface area (Å²) >= 11 is 0. The van der Waals surface area contributed by atoms with Crippen LogP contribution < -0.4 is 4.74 Å². The first-order chi connectivity index (χ1) is 14.4. The van der Waals surface area contributed by atoms with Crippen LogP contribution in [-0.2, 0) is 6.61 Å². The molecule has 0 unspecified atom stereocenters. The van der Waals surface area contributed by atoms with E-state index in [1.54, 1.807) is 6.20 Å². The zero-order chi connectivity index (χ0) is 19.5. The van der Waals surface area contributed by atoms with E-state index in [2.05, 4.69) is 55.9 Å². The molecule has 1 N–H and O–H groups in total. The molecule has 0 spiro atoms. The van der Waals surface area contributed by atoms with Gasteiger partial charge < -0.3 is 4.74 Å². The largest absolute Gasteiger partial charge is 0.488 e. The van der Waals surface area contributed by atoms with Crippen molar-refractivity contribution >= 4 is 10.9 Å². The van der Waals surface area contributed by atoms with Crippen LogP contribution in [0.3, 0.4) is 0 Å². The summed E-state index contributed by atoms with van der Waals surface area (Å²) in [5, 5.41) is 15.6. The van der Waals surface area contributed by atoms with Gasteiger partial charge in [0.2, 0.25) is 5.82 Å². The second-order valence-corrected chi connectivity index (χ2v) is 6.60. The van der Waals surface area contributed by atoms with Crippen molar-refractivity contribution in [2.75, 3.05) is 0 Å². The zero-order valence-electron chi connectivity index (χ0n) is 15.5. The minimum Gasteiger partial charge on any atom is -0.488 e. The van der Waals surface area contributed by atoms with Crippen LogP contribution in [-0.4, -0.2) is 25.6 Å². The van der Waals surface area contributed by atoms with Gasteiger partial charge in [0, 0.05) is 17.1 Å². The molecule has 5 rings (SSSR count). The molecule has 0 aliphatic heterocycles. The molecule has 5 aromatic rings. The maximum atomic E-state index is 6.12. The molecule has 6 heteroatoms. The van der Waals surface area contributed by atoms with Gasteiger partial charge in [0.1, 0.15) is 12.4 Å². The number of ether oxygens (including phenoxy) is 1. The van der Waals surface area contributed by atoms with Crippen molar-refractivity contribution in [1.29, 1.82) is 0 Å². The highest BCUT2D eigenvalue weighted by atomic mass is 16.5. The topological polar surface area (TPSA) is 76.6 Å². The van der Waals surface area contributed by atoms with E-state index < -0.39 is 0 Å². The molecule has 0 aliphatic rings. The number of benzene rings is 3. The maximum absolute atomic E-state index is 6.12. The minimum atomic E-state index is 0.425. The van der Waals surface area contributed by atoms with Crippen molar-refractivity contribution in [1.82, 2.24) is 25.6 Å². The van der Waals surface area contributed by atoms with Crippen LogP contribution in [0.1, 0.15) is 5.56 Å². The first kappa shape index (κ1) is 17.1. The lowest BCUT2D eigenvalue weighted by Crippen LogP contribution is -1.98. The van der Waals surface area contributed by atoms with Gasteiger partial charge >= 0.3 is 0 Å². The van der Waals surface area contributed by atoms with Crippen molar-refractivity contribution < 1.29 is 4.74 Å². The maximum Gasteiger partial charge on any atom is 0.205 e. The first-order valence-electron chi connectivity index (χ1n) is 9.27. The molecule has 6 nitrogen and oxygen atoms in total. The van der Waals surface area contributed by atoms with Gasteiger partial charge in [0.15, 0.2) is 0 Å². The molecule has 0 aliphatic carbocycles. The van der Waals surface area contributed by atoms with Crippen LogP contribution in [0.5, 0.6) is 5.75 Å². The second kappa shape index (κ2) is 7.52. The van der Waals surface area contributed by atoms with E-state index in [1.807, 2.05) is 48.5 Å². The fourth-order valence-corrected chi connectivity index (χ4v) is 3.37. The average molecular weight is 379 g/mol. The zero-order valence-corrected chi connectivity index (χ0v) is 15.5. The van der Waals surface area contributed by atoms with Gasteiger partial charge in [0.25, 0.3) is 0 Å². The van der Waals surface area contributed by atoms with Crippen LogP contribution in [0.15, 0.2) is 85.1 Å². The molecule has 0 radical (unpaired) electrons. The number of rotatable bonds is 5. The highest BCUT2D eigenvalue weighted by Crippen LogP contribution is 2.31. The van der Waals surface area contributed by atoms with Crippen molar-refractivity contribution in [3.8, 4) is 28.3 Å². The molecule has 29 heavy (non-hydrogen) atoms. The third kappa shape index (κ3) is 3.43. The predicted octanol–water partition coefficient (Wildman–Crippen LogP) is 4.66. The van der Waals surface area contributed by atoms with E-state index in [4.69, 9.17) is 4.74 Å². The number of aromatic amines is 1. The van der Waals surface area contributed by atoms with Gasteiger partial charge in [-0.2, -0.15) is 5.21 Å². The lowest BCUT2D eigenvalue weighted by molar-refractivity contribution is 0.310. The van der Waals surface area contributed by atoms with Crippen molar-refractivity contribution in [3.05, 3.63) is 90.6 Å². The highest BCUT2D eigenvalue weighted by molar-refractivity contribution is 5.84. The number of hydrogen-bond acceptors (Lipinski definition) is 5. The van der Waals surface area contributed by atoms with Crippen LogP contribution in [0.25, 0.3) is 33.4 Å². The van der Waals surface area contributed by atoms with Crippen molar-refractivity contribution in [2.45, 2.75) is 6.61 Å². The van der Waals surface area contributed by atoms with E-state index in [0.717, 1.165) is 38.9 Å². The molecule has 0 atom stereocenters. The summed E-state index contributed by atoms with van der Waals surface area (Å²) in [7, 11) is 0. The summed E-state index contributed by atoms with van der Waals surface area (Å²) in [6.07, 6.45) is 1.76. The SMILES string of the molecule is c1ccc(-c2ccc(COc3ccnc4ccccc34)cc2-c2nn[nH]n2)cc1. The van der Waals surface area contributed by atoms with Crippen LogP contribution in [0, 0.1) is 0 Å². The fraction of sp³-hybridized carbons (Fsp3) is 0.0435. The number of fused-ring (bicyclic) bond motifs is 1. The van der Waals surface area contributed by atoms with Crippen molar-refractivity contribution in [2.24, 2.45) is 0 Å². The number of H-pyrrole nitrogens is 1.